The van der Waals surface area contributed by atoms with Crippen LogP contribution >= 0.6 is 0 Å². The third kappa shape index (κ3) is 6.15. The number of hydrogen-bond acceptors (Lipinski definition) is 3. The lowest BCUT2D eigenvalue weighted by atomic mass is 10.1. The lowest BCUT2D eigenvalue weighted by Gasteiger charge is -2.29. The van der Waals surface area contributed by atoms with Gasteiger partial charge in [-0.3, -0.25) is 0 Å². The Balaban J connectivity index is 0.000000212. The number of halogens is 3. The fourth-order valence-electron chi connectivity index (χ4n) is 2.36. The predicted molar refractivity (Wildman–Crippen MR) is 93.6 cm³/mol. The molecule has 8 heteroatoms. The van der Waals surface area contributed by atoms with E-state index in [4.69, 9.17) is 5.14 Å². The maximum Gasteiger partial charge on any atom is 0.416 e. The Morgan fingerprint density at radius 1 is 1.00 bits per heavy atom. The van der Waals surface area contributed by atoms with E-state index < -0.39 is 22.7 Å². The number of anilines is 1. The highest BCUT2D eigenvalue weighted by Crippen LogP contribution is 2.31. The molecule has 1 aliphatic heterocycles. The molecule has 1 heterocycles. The van der Waals surface area contributed by atoms with Gasteiger partial charge in [-0.05, 0) is 30.3 Å². The highest BCUT2D eigenvalue weighted by Gasteiger charge is 2.30. The van der Waals surface area contributed by atoms with Crippen LogP contribution in [0.1, 0.15) is 5.56 Å². The molecule has 4 nitrogen and oxygen atoms in total. The summed E-state index contributed by atoms with van der Waals surface area (Å²) >= 11 is 0. The van der Waals surface area contributed by atoms with E-state index in [2.05, 4.69) is 5.32 Å². The van der Waals surface area contributed by atoms with Crippen LogP contribution in [0.15, 0.2) is 59.5 Å². The first kappa shape index (κ1) is 19.4. The van der Waals surface area contributed by atoms with Crippen molar-refractivity contribution >= 4 is 16.7 Å². The molecule has 0 amide bonds. The van der Waals surface area contributed by atoms with E-state index in [-0.39, 0.29) is 0 Å². The van der Waals surface area contributed by atoms with Crippen LogP contribution in [0.2, 0.25) is 0 Å². The van der Waals surface area contributed by atoms with Crippen molar-refractivity contribution in [3.63, 3.8) is 0 Å². The molecule has 3 rings (SSSR count). The van der Waals surface area contributed by atoms with Crippen LogP contribution < -0.4 is 15.4 Å². The minimum atomic E-state index is -4.26. The van der Waals surface area contributed by atoms with Crippen molar-refractivity contribution in [2.45, 2.75) is 11.1 Å². The summed E-state index contributed by atoms with van der Waals surface area (Å²) < 4.78 is 48.0. The van der Waals surface area contributed by atoms with E-state index >= 15 is 0 Å². The third-order valence-corrected chi connectivity index (χ3v) is 4.37. The summed E-state index contributed by atoms with van der Waals surface area (Å²) in [6.45, 7) is 3.13. The quantitative estimate of drug-likeness (QED) is 0.854. The summed E-state index contributed by atoms with van der Waals surface area (Å²) in [6, 6.07) is 14.4. The van der Waals surface area contributed by atoms with Gasteiger partial charge in [-0.2, -0.15) is 13.2 Å². The molecule has 1 unspecified atom stereocenters. The van der Waals surface area contributed by atoms with Crippen LogP contribution in [-0.2, 0) is 17.2 Å². The fourth-order valence-corrected chi connectivity index (χ4v) is 2.78. The zero-order valence-electron chi connectivity index (χ0n) is 13.5. The van der Waals surface area contributed by atoms with Crippen LogP contribution in [0, 0.1) is 0 Å². The van der Waals surface area contributed by atoms with Gasteiger partial charge in [-0.15, -0.1) is 0 Å². The summed E-state index contributed by atoms with van der Waals surface area (Å²) in [5, 5.41) is 8.25. The Labute approximate surface area is 147 Å². The number of hydrogen-bond donors (Lipinski definition) is 2. The predicted octanol–water partition coefficient (Wildman–Crippen LogP) is 2.78. The first-order chi connectivity index (χ1) is 11.9. The van der Waals surface area contributed by atoms with Gasteiger partial charge in [0.25, 0.3) is 0 Å². The second-order valence-corrected chi connectivity index (χ2v) is 6.46. The monoisotopic (exact) mass is 371 g/mol. The van der Waals surface area contributed by atoms with Gasteiger partial charge in [0, 0.05) is 31.9 Å². The van der Waals surface area contributed by atoms with Crippen LogP contribution in [0.4, 0.5) is 18.9 Å². The summed E-state index contributed by atoms with van der Waals surface area (Å²) in [5.41, 5.74) is 0.0693. The summed E-state index contributed by atoms with van der Waals surface area (Å²) in [5.74, 6) is 0. The highest BCUT2D eigenvalue weighted by molar-refractivity contribution is 7.82. The SMILES string of the molecule is FC(F)(F)c1cccc(N2CCNCC2)c1.NS(=O)c1ccccc1. The smallest absolute Gasteiger partial charge is 0.369 e. The van der Waals surface area contributed by atoms with E-state index in [9.17, 15) is 17.4 Å². The number of alkyl halides is 3. The minimum absolute atomic E-state index is 0.580. The van der Waals surface area contributed by atoms with Crippen LogP contribution in [0.25, 0.3) is 0 Å². The Morgan fingerprint density at radius 3 is 2.16 bits per heavy atom. The highest BCUT2D eigenvalue weighted by atomic mass is 32.2. The zero-order valence-corrected chi connectivity index (χ0v) is 14.3. The van der Waals surface area contributed by atoms with Crippen molar-refractivity contribution < 1.29 is 17.4 Å². The molecule has 1 atom stereocenters. The largest absolute Gasteiger partial charge is 0.416 e. The number of nitrogens with two attached hydrogens (primary N) is 1. The number of nitrogens with one attached hydrogen (secondary N) is 1. The Hall–Kier alpha value is -1.90. The maximum absolute atomic E-state index is 12.5. The van der Waals surface area contributed by atoms with Gasteiger partial charge in [-0.1, -0.05) is 24.3 Å². The summed E-state index contributed by atoms with van der Waals surface area (Å²) in [7, 11) is -1.33. The molecule has 0 bridgehead atoms. The third-order valence-electron chi connectivity index (χ3n) is 3.63. The molecule has 136 valence electrons. The molecule has 0 spiro atoms. The minimum Gasteiger partial charge on any atom is -0.369 e. The summed E-state index contributed by atoms with van der Waals surface area (Å²) in [4.78, 5) is 2.63. The van der Waals surface area contributed by atoms with Gasteiger partial charge >= 0.3 is 6.18 Å². The molecule has 0 aliphatic carbocycles. The second kappa shape index (κ2) is 8.98. The van der Waals surface area contributed by atoms with E-state index in [1.54, 1.807) is 30.3 Å². The number of benzene rings is 2. The van der Waals surface area contributed by atoms with Gasteiger partial charge in [0.1, 0.15) is 11.0 Å². The average molecular weight is 371 g/mol. The van der Waals surface area contributed by atoms with E-state index in [1.165, 1.54) is 12.1 Å². The Kier molecular flexibility index (Phi) is 6.98. The van der Waals surface area contributed by atoms with Crippen LogP contribution in [0.5, 0.6) is 0 Å². The summed E-state index contributed by atoms with van der Waals surface area (Å²) in [6.07, 6.45) is -4.26. The molecule has 3 N–H and O–H groups in total. The molecule has 2 aromatic rings. The van der Waals surface area contributed by atoms with Crippen molar-refractivity contribution in [2.24, 2.45) is 5.14 Å². The van der Waals surface area contributed by atoms with Crippen molar-refractivity contribution in [3.05, 3.63) is 60.2 Å². The van der Waals surface area contributed by atoms with E-state index in [1.807, 2.05) is 11.0 Å². The molecule has 1 saturated heterocycles. The molecule has 0 saturated carbocycles. The number of piperazine rings is 1. The fraction of sp³-hybridized carbons (Fsp3) is 0.294. The van der Waals surface area contributed by atoms with Crippen molar-refractivity contribution in [2.75, 3.05) is 31.1 Å². The molecule has 1 fully saturated rings. The average Bonchev–Trinajstić information content (AvgIpc) is 2.63. The van der Waals surface area contributed by atoms with Gasteiger partial charge < -0.3 is 10.2 Å². The van der Waals surface area contributed by atoms with Gasteiger partial charge in [-0.25, -0.2) is 9.35 Å². The molecule has 0 radical (unpaired) electrons. The maximum atomic E-state index is 12.5. The molecular formula is C17H20F3N3OS. The lowest BCUT2D eigenvalue weighted by Crippen LogP contribution is -2.43. The van der Waals surface area contributed by atoms with Crippen LogP contribution in [0.3, 0.4) is 0 Å². The molecule has 1 aliphatic rings. The van der Waals surface area contributed by atoms with E-state index in [0.717, 1.165) is 32.2 Å². The van der Waals surface area contributed by atoms with Gasteiger partial charge in [0.15, 0.2) is 0 Å². The topological polar surface area (TPSA) is 58.4 Å². The number of rotatable bonds is 2. The van der Waals surface area contributed by atoms with Crippen molar-refractivity contribution in [3.8, 4) is 0 Å². The zero-order chi connectivity index (χ0) is 18.3. The van der Waals surface area contributed by atoms with Crippen molar-refractivity contribution in [1.29, 1.82) is 0 Å². The lowest BCUT2D eigenvalue weighted by molar-refractivity contribution is -0.137. The second-order valence-electron chi connectivity index (χ2n) is 5.40. The Bertz CT molecular complexity index is 689. The Morgan fingerprint density at radius 2 is 1.64 bits per heavy atom. The molecule has 0 aromatic heterocycles. The molecule has 2 aromatic carbocycles. The van der Waals surface area contributed by atoms with Gasteiger partial charge in [0.05, 0.1) is 10.5 Å². The molecule has 25 heavy (non-hydrogen) atoms. The normalized spacial score (nSPS) is 15.9. The first-order valence-corrected chi connectivity index (χ1v) is 8.93. The number of nitrogens with zero attached hydrogens (tertiary/aromatic N) is 1. The van der Waals surface area contributed by atoms with E-state index in [0.29, 0.717) is 10.6 Å². The van der Waals surface area contributed by atoms with Crippen molar-refractivity contribution in [1.82, 2.24) is 5.32 Å². The van der Waals surface area contributed by atoms with Crippen LogP contribution in [-0.4, -0.2) is 30.4 Å². The standard InChI is InChI=1S/C11H13F3N2.C6H7NOS/c12-11(13,14)9-2-1-3-10(8-9)16-6-4-15-5-7-16;7-9(8)6-4-2-1-3-5-6/h1-3,8,15H,4-7H2;1-5H,7H2. The van der Waals surface area contributed by atoms with Gasteiger partial charge in [0.2, 0.25) is 0 Å². The molecular weight excluding hydrogens is 351 g/mol. The first-order valence-electron chi connectivity index (χ1n) is 7.72.